The number of aromatic nitrogens is 5. The fourth-order valence-electron chi connectivity index (χ4n) is 3.72. The smallest absolute Gasteiger partial charge is 0.274 e. The SMILES string of the molecule is CC(C)n1[nH]c(=O)c2c(-c3ccnn3C)c3oc4c(O)c(=O)ccc4c3[nH]c21. The average molecular weight is 379 g/mol. The minimum absolute atomic E-state index is 0.00176. The Morgan fingerprint density at radius 3 is 2.64 bits per heavy atom. The minimum atomic E-state index is -0.525. The van der Waals surface area contributed by atoms with Crippen molar-refractivity contribution in [3.8, 4) is 17.0 Å². The Hall–Kier alpha value is -3.75. The lowest BCUT2D eigenvalue weighted by molar-refractivity contribution is 0.464. The van der Waals surface area contributed by atoms with Gasteiger partial charge in [-0.2, -0.15) is 5.10 Å². The number of aromatic hydroxyl groups is 1. The topological polar surface area (TPSA) is 122 Å². The summed E-state index contributed by atoms with van der Waals surface area (Å²) in [6, 6.07) is 4.68. The lowest BCUT2D eigenvalue weighted by Crippen LogP contribution is -2.08. The lowest BCUT2D eigenvalue weighted by Gasteiger charge is -2.10. The number of fused-ring (bicyclic) bond motifs is 4. The molecule has 0 amide bonds. The Bertz CT molecular complexity index is 1510. The van der Waals surface area contributed by atoms with E-state index in [2.05, 4.69) is 15.2 Å². The highest BCUT2D eigenvalue weighted by Gasteiger charge is 2.25. The van der Waals surface area contributed by atoms with Crippen molar-refractivity contribution in [1.29, 1.82) is 0 Å². The van der Waals surface area contributed by atoms with Gasteiger partial charge < -0.3 is 14.5 Å². The zero-order chi connectivity index (χ0) is 19.7. The Morgan fingerprint density at radius 2 is 1.96 bits per heavy atom. The summed E-state index contributed by atoms with van der Waals surface area (Å²) in [7, 11) is 1.77. The molecular formula is C19H17N5O4. The normalized spacial score (nSPS) is 12.1. The van der Waals surface area contributed by atoms with E-state index < -0.39 is 11.2 Å². The molecule has 0 saturated carbocycles. The van der Waals surface area contributed by atoms with Crippen molar-refractivity contribution in [3.63, 3.8) is 0 Å². The Labute approximate surface area is 156 Å². The molecule has 9 heteroatoms. The summed E-state index contributed by atoms with van der Waals surface area (Å²) >= 11 is 0. The molecule has 0 aliphatic carbocycles. The van der Waals surface area contributed by atoms with Crippen molar-refractivity contribution < 1.29 is 9.52 Å². The van der Waals surface area contributed by atoms with E-state index in [-0.39, 0.29) is 17.2 Å². The highest BCUT2D eigenvalue weighted by atomic mass is 16.4. The van der Waals surface area contributed by atoms with Gasteiger partial charge in [-0.3, -0.25) is 24.1 Å². The molecule has 5 rings (SSSR count). The number of hydrogen-bond acceptors (Lipinski definition) is 5. The molecular weight excluding hydrogens is 362 g/mol. The van der Waals surface area contributed by atoms with Crippen molar-refractivity contribution >= 4 is 33.1 Å². The van der Waals surface area contributed by atoms with Gasteiger partial charge in [-0.1, -0.05) is 0 Å². The van der Waals surface area contributed by atoms with Gasteiger partial charge >= 0.3 is 0 Å². The molecule has 0 atom stereocenters. The number of H-pyrrole nitrogens is 2. The number of aromatic amines is 2. The fraction of sp³-hybridized carbons (Fsp3) is 0.211. The second-order valence-electron chi connectivity index (χ2n) is 7.06. The van der Waals surface area contributed by atoms with Gasteiger partial charge in [0.25, 0.3) is 5.56 Å². The summed E-state index contributed by atoms with van der Waals surface area (Å²) in [5.41, 5.74) is 2.07. The maximum atomic E-state index is 12.8. The van der Waals surface area contributed by atoms with Gasteiger partial charge in [0.05, 0.1) is 22.2 Å². The molecule has 1 aromatic carbocycles. The number of hydrogen-bond donors (Lipinski definition) is 3. The Balaban J connectivity index is 2.11. The predicted octanol–water partition coefficient (Wildman–Crippen LogP) is 2.60. The third-order valence-corrected chi connectivity index (χ3v) is 5.04. The molecule has 0 fully saturated rings. The van der Waals surface area contributed by atoms with E-state index in [4.69, 9.17) is 4.42 Å². The molecule has 3 N–H and O–H groups in total. The second-order valence-corrected chi connectivity index (χ2v) is 7.06. The van der Waals surface area contributed by atoms with Crippen LogP contribution in [-0.4, -0.2) is 29.7 Å². The molecule has 0 radical (unpaired) electrons. The van der Waals surface area contributed by atoms with Crippen LogP contribution in [0.5, 0.6) is 5.75 Å². The molecule has 28 heavy (non-hydrogen) atoms. The van der Waals surface area contributed by atoms with Crippen molar-refractivity contribution in [2.24, 2.45) is 7.05 Å². The molecule has 0 aliphatic rings. The highest BCUT2D eigenvalue weighted by molar-refractivity contribution is 6.14. The molecule has 5 aromatic rings. The van der Waals surface area contributed by atoms with E-state index in [0.29, 0.717) is 38.8 Å². The van der Waals surface area contributed by atoms with Gasteiger partial charge in [-0.25, -0.2) is 0 Å². The van der Waals surface area contributed by atoms with E-state index >= 15 is 0 Å². The third kappa shape index (κ3) is 1.98. The first-order chi connectivity index (χ1) is 13.4. The summed E-state index contributed by atoms with van der Waals surface area (Å²) in [6.45, 7) is 3.92. The zero-order valence-corrected chi connectivity index (χ0v) is 15.4. The first-order valence-corrected chi connectivity index (χ1v) is 8.81. The fourth-order valence-corrected chi connectivity index (χ4v) is 3.72. The van der Waals surface area contributed by atoms with Gasteiger partial charge in [0.2, 0.25) is 11.2 Å². The summed E-state index contributed by atoms with van der Waals surface area (Å²) in [5, 5.41) is 18.3. The number of aryl methyl sites for hydroxylation is 1. The van der Waals surface area contributed by atoms with Gasteiger partial charge in [0.15, 0.2) is 11.2 Å². The number of nitrogens with one attached hydrogen (secondary N) is 2. The van der Waals surface area contributed by atoms with Crippen LogP contribution < -0.4 is 11.0 Å². The molecule has 4 aromatic heterocycles. The molecule has 0 unspecified atom stereocenters. The lowest BCUT2D eigenvalue weighted by atomic mass is 10.1. The number of rotatable bonds is 2. The molecule has 9 nitrogen and oxygen atoms in total. The number of phenols is 1. The van der Waals surface area contributed by atoms with Crippen LogP contribution in [0.1, 0.15) is 19.9 Å². The van der Waals surface area contributed by atoms with Gasteiger partial charge in [0, 0.05) is 24.7 Å². The molecule has 0 spiro atoms. The third-order valence-electron chi connectivity index (χ3n) is 5.04. The summed E-state index contributed by atoms with van der Waals surface area (Å²) < 4.78 is 9.32. The quantitative estimate of drug-likeness (QED) is 0.435. The summed E-state index contributed by atoms with van der Waals surface area (Å²) in [5.74, 6) is -0.455. The second kappa shape index (κ2) is 5.38. The van der Waals surface area contributed by atoms with Crippen molar-refractivity contribution in [2.75, 3.05) is 0 Å². The van der Waals surface area contributed by atoms with E-state index in [1.807, 2.05) is 13.8 Å². The van der Waals surface area contributed by atoms with E-state index in [9.17, 15) is 14.7 Å². The predicted molar refractivity (Wildman–Crippen MR) is 105 cm³/mol. The van der Waals surface area contributed by atoms with Crippen molar-refractivity contribution in [3.05, 3.63) is 45.0 Å². The standard InChI is InChI=1S/C19H17N5O4/c1-8(2)24-18-13(19(27)22-24)12(10-6-7-20-23(10)3)17-14(21-18)9-4-5-11(25)15(26)16(9)28-17/h4-8,21,26H,1-3H3,(H,22,27). The van der Waals surface area contributed by atoms with Crippen LogP contribution >= 0.6 is 0 Å². The molecule has 4 heterocycles. The van der Waals surface area contributed by atoms with Crippen molar-refractivity contribution in [2.45, 2.75) is 19.9 Å². The van der Waals surface area contributed by atoms with Crippen LogP contribution in [0, 0.1) is 0 Å². The number of nitrogens with zero attached hydrogens (tertiary/aromatic N) is 3. The van der Waals surface area contributed by atoms with Crippen LogP contribution in [0.2, 0.25) is 0 Å². The van der Waals surface area contributed by atoms with Crippen LogP contribution in [0.4, 0.5) is 0 Å². The number of pyridine rings is 1. The Morgan fingerprint density at radius 1 is 1.18 bits per heavy atom. The number of furan rings is 1. The largest absolute Gasteiger partial charge is 0.502 e. The minimum Gasteiger partial charge on any atom is -0.502 e. The summed E-state index contributed by atoms with van der Waals surface area (Å²) in [6.07, 6.45) is 1.63. The maximum absolute atomic E-state index is 12.8. The number of phenolic OH excluding ortho intramolecular Hbond substituents is 1. The van der Waals surface area contributed by atoms with E-state index in [1.165, 1.54) is 6.07 Å². The first-order valence-electron chi connectivity index (χ1n) is 8.81. The monoisotopic (exact) mass is 379 g/mol. The van der Waals surface area contributed by atoms with Gasteiger partial charge in [-0.15, -0.1) is 0 Å². The van der Waals surface area contributed by atoms with Crippen LogP contribution in [0.15, 0.2) is 38.4 Å². The van der Waals surface area contributed by atoms with Gasteiger partial charge in [-0.05, 0) is 32.0 Å². The number of benzene rings is 1. The van der Waals surface area contributed by atoms with Gasteiger partial charge in [0.1, 0.15) is 5.65 Å². The zero-order valence-electron chi connectivity index (χ0n) is 15.4. The first kappa shape index (κ1) is 16.4. The molecule has 0 aliphatic heterocycles. The molecule has 0 saturated heterocycles. The Kier molecular flexibility index (Phi) is 3.16. The van der Waals surface area contributed by atoms with Crippen molar-refractivity contribution in [1.82, 2.24) is 24.5 Å². The van der Waals surface area contributed by atoms with E-state index in [0.717, 1.165) is 0 Å². The summed E-state index contributed by atoms with van der Waals surface area (Å²) in [4.78, 5) is 28.0. The van der Waals surface area contributed by atoms with Crippen LogP contribution in [0.3, 0.4) is 0 Å². The molecule has 142 valence electrons. The van der Waals surface area contributed by atoms with Crippen LogP contribution in [-0.2, 0) is 7.05 Å². The highest BCUT2D eigenvalue weighted by Crippen LogP contribution is 2.39. The van der Waals surface area contributed by atoms with Crippen LogP contribution in [0.25, 0.3) is 44.4 Å². The maximum Gasteiger partial charge on any atom is 0.274 e. The molecule has 0 bridgehead atoms. The van der Waals surface area contributed by atoms with E-state index in [1.54, 1.807) is 34.7 Å². The average Bonchev–Trinajstić information content (AvgIpc) is 3.33.